The topological polar surface area (TPSA) is 79.2 Å². The van der Waals surface area contributed by atoms with E-state index >= 15 is 0 Å². The lowest BCUT2D eigenvalue weighted by molar-refractivity contribution is -0.0730. The van der Waals surface area contributed by atoms with Crippen LogP contribution in [-0.2, 0) is 9.47 Å². The fourth-order valence-corrected chi connectivity index (χ4v) is 3.79. The molecule has 1 saturated heterocycles. The molecule has 5 nitrogen and oxygen atoms in total. The Balaban J connectivity index is 1.84. The van der Waals surface area contributed by atoms with Crippen LogP contribution in [0.4, 0.5) is 0 Å². The zero-order chi connectivity index (χ0) is 21.2. The normalized spacial score (nSPS) is 23.2. The summed E-state index contributed by atoms with van der Waals surface area (Å²) in [5.41, 5.74) is 0. The van der Waals surface area contributed by atoms with E-state index < -0.39 is 31.0 Å². The fourth-order valence-electron chi connectivity index (χ4n) is 3.79. The SMILES string of the molecule is CCCCCCCCCCC/C=C/CCCCCO[C@H]1CO[C@H]([C@H](O)CO)[C@@H]1O. The highest BCUT2D eigenvalue weighted by Gasteiger charge is 2.40. The van der Waals surface area contributed by atoms with Crippen LogP contribution in [0, 0.1) is 0 Å². The van der Waals surface area contributed by atoms with Crippen LogP contribution in [0.3, 0.4) is 0 Å². The van der Waals surface area contributed by atoms with Gasteiger partial charge in [0.15, 0.2) is 0 Å². The summed E-state index contributed by atoms with van der Waals surface area (Å²) in [7, 11) is 0. The van der Waals surface area contributed by atoms with Crippen molar-refractivity contribution in [3.8, 4) is 0 Å². The Labute approximate surface area is 178 Å². The molecule has 0 aromatic carbocycles. The van der Waals surface area contributed by atoms with Crippen LogP contribution in [0.1, 0.15) is 96.8 Å². The van der Waals surface area contributed by atoms with Crippen LogP contribution >= 0.6 is 0 Å². The van der Waals surface area contributed by atoms with Crippen molar-refractivity contribution in [2.75, 3.05) is 19.8 Å². The highest BCUT2D eigenvalue weighted by atomic mass is 16.6. The minimum absolute atomic E-state index is 0.268. The van der Waals surface area contributed by atoms with Gasteiger partial charge in [0.2, 0.25) is 0 Å². The van der Waals surface area contributed by atoms with Crippen molar-refractivity contribution in [1.82, 2.24) is 0 Å². The van der Waals surface area contributed by atoms with Crippen molar-refractivity contribution < 1.29 is 24.8 Å². The van der Waals surface area contributed by atoms with Gasteiger partial charge in [-0.3, -0.25) is 0 Å². The molecule has 0 radical (unpaired) electrons. The average molecular weight is 415 g/mol. The van der Waals surface area contributed by atoms with Crippen molar-refractivity contribution in [3.63, 3.8) is 0 Å². The Morgan fingerprint density at radius 3 is 2.03 bits per heavy atom. The molecular formula is C24H46O5. The first-order valence-electron chi connectivity index (χ1n) is 12.1. The van der Waals surface area contributed by atoms with E-state index in [0.29, 0.717) is 6.61 Å². The predicted molar refractivity (Wildman–Crippen MR) is 118 cm³/mol. The molecule has 0 unspecified atom stereocenters. The second-order valence-corrected chi connectivity index (χ2v) is 8.39. The molecule has 5 heteroatoms. The van der Waals surface area contributed by atoms with E-state index in [9.17, 15) is 10.2 Å². The molecule has 0 aromatic heterocycles. The molecule has 3 N–H and O–H groups in total. The van der Waals surface area contributed by atoms with Crippen molar-refractivity contribution in [3.05, 3.63) is 12.2 Å². The Morgan fingerprint density at radius 1 is 0.897 bits per heavy atom. The number of ether oxygens (including phenoxy) is 2. The lowest BCUT2D eigenvalue weighted by atomic mass is 10.1. The Morgan fingerprint density at radius 2 is 1.45 bits per heavy atom. The molecule has 1 fully saturated rings. The number of unbranched alkanes of at least 4 members (excludes halogenated alkanes) is 12. The van der Waals surface area contributed by atoms with Crippen LogP contribution < -0.4 is 0 Å². The van der Waals surface area contributed by atoms with Crippen LogP contribution in [-0.4, -0.2) is 59.6 Å². The van der Waals surface area contributed by atoms with Crippen molar-refractivity contribution in [2.45, 2.75) is 121 Å². The number of rotatable bonds is 19. The number of allylic oxidation sites excluding steroid dienone is 2. The van der Waals surface area contributed by atoms with Gasteiger partial charge in [0.05, 0.1) is 13.2 Å². The number of hydrogen-bond donors (Lipinski definition) is 3. The zero-order valence-corrected chi connectivity index (χ0v) is 18.6. The van der Waals surface area contributed by atoms with Crippen LogP contribution in [0.25, 0.3) is 0 Å². The van der Waals surface area contributed by atoms with E-state index in [0.717, 1.165) is 25.7 Å². The molecule has 0 aromatic rings. The Kier molecular flexibility index (Phi) is 16.8. The van der Waals surface area contributed by atoms with E-state index in [1.807, 2.05) is 0 Å². The van der Waals surface area contributed by atoms with Gasteiger partial charge in [-0.2, -0.15) is 0 Å². The van der Waals surface area contributed by atoms with Gasteiger partial charge in [0.1, 0.15) is 24.4 Å². The molecule has 1 rings (SSSR count). The van der Waals surface area contributed by atoms with Gasteiger partial charge in [0.25, 0.3) is 0 Å². The third kappa shape index (κ3) is 12.7. The first-order valence-corrected chi connectivity index (χ1v) is 12.1. The standard InChI is InChI=1S/C24H46O5/c1-2-3-4-5-6-7-8-9-10-11-12-13-14-15-16-17-18-28-22-20-29-24(23(22)27)21(26)19-25/h12-13,21-27H,2-11,14-20H2,1H3/b13-12+/t21-,22+,23-,24-/m1/s1. The summed E-state index contributed by atoms with van der Waals surface area (Å²) in [6.07, 6.45) is 19.6. The molecule has 1 aliphatic rings. The van der Waals surface area contributed by atoms with Crippen molar-refractivity contribution >= 4 is 0 Å². The largest absolute Gasteiger partial charge is 0.394 e. The van der Waals surface area contributed by atoms with Gasteiger partial charge in [-0.15, -0.1) is 0 Å². The van der Waals surface area contributed by atoms with Crippen molar-refractivity contribution in [1.29, 1.82) is 0 Å². The van der Waals surface area contributed by atoms with Gasteiger partial charge in [-0.1, -0.05) is 76.9 Å². The minimum atomic E-state index is -1.05. The van der Waals surface area contributed by atoms with Gasteiger partial charge in [0, 0.05) is 6.61 Å². The first kappa shape index (κ1) is 26.6. The van der Waals surface area contributed by atoms with E-state index in [-0.39, 0.29) is 6.61 Å². The lowest BCUT2D eigenvalue weighted by Gasteiger charge is -2.20. The predicted octanol–water partition coefficient (Wildman–Crippen LogP) is 4.52. The monoisotopic (exact) mass is 414 g/mol. The molecule has 0 amide bonds. The maximum absolute atomic E-state index is 10.1. The molecule has 1 aliphatic heterocycles. The zero-order valence-electron chi connectivity index (χ0n) is 18.6. The van der Waals surface area contributed by atoms with Crippen molar-refractivity contribution in [2.24, 2.45) is 0 Å². The van der Waals surface area contributed by atoms with E-state index in [2.05, 4.69) is 19.1 Å². The molecular weight excluding hydrogens is 368 g/mol. The second-order valence-electron chi connectivity index (χ2n) is 8.39. The first-order chi connectivity index (χ1) is 14.2. The van der Waals surface area contributed by atoms with Crippen LogP contribution in [0.5, 0.6) is 0 Å². The third-order valence-electron chi connectivity index (χ3n) is 5.72. The molecule has 4 atom stereocenters. The van der Waals surface area contributed by atoms with E-state index in [4.69, 9.17) is 14.6 Å². The van der Waals surface area contributed by atoms with Crippen LogP contribution in [0.2, 0.25) is 0 Å². The summed E-state index contributed by atoms with van der Waals surface area (Å²) in [4.78, 5) is 0. The quantitative estimate of drug-likeness (QED) is 0.214. The fraction of sp³-hybridized carbons (Fsp3) is 0.917. The summed E-state index contributed by atoms with van der Waals surface area (Å²) >= 11 is 0. The molecule has 0 aliphatic carbocycles. The van der Waals surface area contributed by atoms with Gasteiger partial charge < -0.3 is 24.8 Å². The molecule has 0 spiro atoms. The Bertz CT molecular complexity index is 387. The summed E-state index contributed by atoms with van der Waals surface area (Å²) in [6, 6.07) is 0. The Hall–Kier alpha value is -0.460. The minimum Gasteiger partial charge on any atom is -0.394 e. The molecule has 172 valence electrons. The summed E-state index contributed by atoms with van der Waals surface area (Å²) in [5.74, 6) is 0. The third-order valence-corrected chi connectivity index (χ3v) is 5.72. The number of hydrogen-bond acceptors (Lipinski definition) is 5. The second kappa shape index (κ2) is 18.3. The highest BCUT2D eigenvalue weighted by molar-refractivity contribution is 4.88. The van der Waals surface area contributed by atoms with Gasteiger partial charge in [-0.05, 0) is 32.1 Å². The molecule has 0 bridgehead atoms. The van der Waals surface area contributed by atoms with Gasteiger partial charge in [-0.25, -0.2) is 0 Å². The van der Waals surface area contributed by atoms with Crippen LogP contribution in [0.15, 0.2) is 12.2 Å². The lowest BCUT2D eigenvalue weighted by Crippen LogP contribution is -2.41. The molecule has 1 heterocycles. The maximum atomic E-state index is 10.1. The summed E-state index contributed by atoms with van der Waals surface area (Å²) < 4.78 is 11.0. The highest BCUT2D eigenvalue weighted by Crippen LogP contribution is 2.20. The van der Waals surface area contributed by atoms with E-state index in [1.165, 1.54) is 64.2 Å². The van der Waals surface area contributed by atoms with E-state index in [1.54, 1.807) is 0 Å². The van der Waals surface area contributed by atoms with Gasteiger partial charge >= 0.3 is 0 Å². The number of aliphatic hydroxyl groups excluding tert-OH is 3. The molecule has 0 saturated carbocycles. The average Bonchev–Trinajstić information content (AvgIpc) is 3.10. The smallest absolute Gasteiger partial charge is 0.114 e. The summed E-state index contributed by atoms with van der Waals surface area (Å²) in [6.45, 7) is 2.71. The molecule has 29 heavy (non-hydrogen) atoms. The maximum Gasteiger partial charge on any atom is 0.114 e. The summed E-state index contributed by atoms with van der Waals surface area (Å²) in [5, 5.41) is 28.6. The number of aliphatic hydroxyl groups is 3.